The maximum Gasteiger partial charge on any atom is 0.306 e. The highest BCUT2D eigenvalue weighted by Crippen LogP contribution is 2.12. The second kappa shape index (κ2) is 32.3. The molecule has 0 amide bonds. The van der Waals surface area contributed by atoms with Crippen LogP contribution in [0.1, 0.15) is 174 Å². The van der Waals surface area contributed by atoms with Gasteiger partial charge in [-0.25, -0.2) is 0 Å². The van der Waals surface area contributed by atoms with Gasteiger partial charge in [-0.15, -0.1) is 0 Å². The molecule has 0 spiro atoms. The summed E-state index contributed by atoms with van der Waals surface area (Å²) in [5, 5.41) is 9.50. The normalized spacial score (nSPS) is 12.4. The Morgan fingerprint density at radius 2 is 1.03 bits per heavy atom. The van der Waals surface area contributed by atoms with Crippen molar-refractivity contribution in [3.05, 3.63) is 12.2 Å². The zero-order valence-electron chi connectivity index (χ0n) is 25.7. The predicted molar refractivity (Wildman–Crippen MR) is 164 cm³/mol. The molecule has 1 atom stereocenters. The topological polar surface area (TPSA) is 55.8 Å². The number of aliphatic hydroxyl groups excluding tert-OH is 1. The molecule has 4 heteroatoms. The van der Waals surface area contributed by atoms with Crippen molar-refractivity contribution in [2.45, 2.75) is 180 Å². The van der Waals surface area contributed by atoms with Crippen molar-refractivity contribution in [2.75, 3.05) is 19.8 Å². The number of esters is 1. The van der Waals surface area contributed by atoms with Crippen LogP contribution < -0.4 is 0 Å². The fourth-order valence-electron chi connectivity index (χ4n) is 4.79. The lowest BCUT2D eigenvalue weighted by molar-refractivity contribution is -0.154. The molecule has 0 saturated carbocycles. The Labute approximate surface area is 237 Å². The summed E-state index contributed by atoms with van der Waals surface area (Å²) in [4.78, 5) is 12.1. The molecule has 0 bridgehead atoms. The summed E-state index contributed by atoms with van der Waals surface area (Å²) in [5.41, 5.74) is 0. The van der Waals surface area contributed by atoms with Crippen molar-refractivity contribution in [1.29, 1.82) is 0 Å². The summed E-state index contributed by atoms with van der Waals surface area (Å²) in [6, 6.07) is 0. The minimum absolute atomic E-state index is 0.170. The third-order valence-corrected chi connectivity index (χ3v) is 7.34. The van der Waals surface area contributed by atoms with Crippen molar-refractivity contribution >= 4 is 5.97 Å². The van der Waals surface area contributed by atoms with Gasteiger partial charge < -0.3 is 14.6 Å². The third kappa shape index (κ3) is 29.7. The number of ether oxygens (including phenoxy) is 2. The van der Waals surface area contributed by atoms with Gasteiger partial charge in [-0.1, -0.05) is 142 Å². The van der Waals surface area contributed by atoms with Crippen molar-refractivity contribution < 1.29 is 19.4 Å². The molecule has 38 heavy (non-hydrogen) atoms. The predicted octanol–water partition coefficient (Wildman–Crippen LogP) is 10.3. The Bertz CT molecular complexity index is 491. The van der Waals surface area contributed by atoms with E-state index >= 15 is 0 Å². The van der Waals surface area contributed by atoms with Crippen molar-refractivity contribution in [3.8, 4) is 0 Å². The Balaban J connectivity index is 3.44. The molecule has 226 valence electrons. The second-order valence-electron chi connectivity index (χ2n) is 11.2. The summed E-state index contributed by atoms with van der Waals surface area (Å²) in [6.45, 7) is 5.34. The van der Waals surface area contributed by atoms with Gasteiger partial charge in [0.05, 0.1) is 13.2 Å². The fourth-order valence-corrected chi connectivity index (χ4v) is 4.79. The number of aliphatic hydroxyl groups is 1. The first kappa shape index (κ1) is 37.1. The van der Waals surface area contributed by atoms with E-state index in [-0.39, 0.29) is 12.6 Å². The molecule has 0 aromatic rings. The summed E-state index contributed by atoms with van der Waals surface area (Å²) in [7, 11) is 0. The van der Waals surface area contributed by atoms with Gasteiger partial charge in [-0.3, -0.25) is 4.79 Å². The number of rotatable bonds is 31. The van der Waals surface area contributed by atoms with Crippen LogP contribution in [0.2, 0.25) is 0 Å². The highest BCUT2D eigenvalue weighted by atomic mass is 16.6. The van der Waals surface area contributed by atoms with Gasteiger partial charge in [-0.05, 0) is 38.5 Å². The quantitative estimate of drug-likeness (QED) is 0.0542. The standard InChI is InChI=1S/C34H66O4/c1-3-5-7-9-11-13-15-16-17-18-19-20-21-23-25-27-29-34(36)38-33(31-35)32-37-30-28-26-24-22-14-12-10-8-6-4-2/h17-18,33,35H,3-16,19-32H2,1-2H3/b18-17-. The zero-order chi connectivity index (χ0) is 27.8. The molecule has 0 heterocycles. The lowest BCUT2D eigenvalue weighted by atomic mass is 10.1. The Hall–Kier alpha value is -0.870. The average Bonchev–Trinajstić information content (AvgIpc) is 2.92. The van der Waals surface area contributed by atoms with E-state index in [2.05, 4.69) is 26.0 Å². The molecule has 0 aromatic heterocycles. The Morgan fingerprint density at radius 1 is 0.605 bits per heavy atom. The summed E-state index contributed by atoms with van der Waals surface area (Å²) in [6.07, 6.45) is 35.2. The molecule has 4 nitrogen and oxygen atoms in total. The molecular weight excluding hydrogens is 472 g/mol. The lowest BCUT2D eigenvalue weighted by Gasteiger charge is -2.15. The molecule has 1 unspecified atom stereocenters. The van der Waals surface area contributed by atoms with Gasteiger partial charge >= 0.3 is 5.97 Å². The van der Waals surface area contributed by atoms with Gasteiger partial charge in [-0.2, -0.15) is 0 Å². The molecule has 1 N–H and O–H groups in total. The number of carbonyl (C=O) groups excluding carboxylic acids is 1. The molecular formula is C34H66O4. The Kier molecular flexibility index (Phi) is 31.6. The van der Waals surface area contributed by atoms with Gasteiger partial charge in [0.1, 0.15) is 6.10 Å². The van der Waals surface area contributed by atoms with E-state index < -0.39 is 6.10 Å². The number of carbonyl (C=O) groups is 1. The maximum absolute atomic E-state index is 12.1. The van der Waals surface area contributed by atoms with Gasteiger partial charge in [0.2, 0.25) is 0 Å². The molecule has 0 rings (SSSR count). The minimum Gasteiger partial charge on any atom is -0.457 e. The van der Waals surface area contributed by atoms with Crippen LogP contribution in [0.3, 0.4) is 0 Å². The molecule has 0 radical (unpaired) electrons. The highest BCUT2D eigenvalue weighted by molar-refractivity contribution is 5.69. The summed E-state index contributed by atoms with van der Waals surface area (Å²) < 4.78 is 11.1. The monoisotopic (exact) mass is 538 g/mol. The minimum atomic E-state index is -0.529. The van der Waals surface area contributed by atoms with E-state index in [1.165, 1.54) is 135 Å². The van der Waals surface area contributed by atoms with Crippen molar-refractivity contribution in [1.82, 2.24) is 0 Å². The first-order valence-corrected chi connectivity index (χ1v) is 16.8. The van der Waals surface area contributed by atoms with E-state index in [1.54, 1.807) is 0 Å². The van der Waals surface area contributed by atoms with Crippen LogP contribution in [-0.4, -0.2) is 37.0 Å². The van der Waals surface area contributed by atoms with E-state index in [9.17, 15) is 9.90 Å². The van der Waals surface area contributed by atoms with Crippen LogP contribution >= 0.6 is 0 Å². The molecule has 0 aromatic carbocycles. The van der Waals surface area contributed by atoms with Crippen LogP contribution in [0.25, 0.3) is 0 Å². The smallest absolute Gasteiger partial charge is 0.306 e. The van der Waals surface area contributed by atoms with Crippen LogP contribution in [0.4, 0.5) is 0 Å². The zero-order valence-corrected chi connectivity index (χ0v) is 25.7. The van der Waals surface area contributed by atoms with Crippen molar-refractivity contribution in [3.63, 3.8) is 0 Å². The highest BCUT2D eigenvalue weighted by Gasteiger charge is 2.13. The number of hydrogen-bond acceptors (Lipinski definition) is 4. The lowest BCUT2D eigenvalue weighted by Crippen LogP contribution is -2.27. The van der Waals surface area contributed by atoms with Gasteiger partial charge in [0.25, 0.3) is 0 Å². The third-order valence-electron chi connectivity index (χ3n) is 7.34. The number of unbranched alkanes of at least 4 members (excludes halogenated alkanes) is 21. The molecule has 0 aliphatic heterocycles. The molecule has 0 aliphatic carbocycles. The summed E-state index contributed by atoms with van der Waals surface area (Å²) in [5.74, 6) is -0.208. The SMILES string of the molecule is CCCCCCCCC/C=C\CCCCCCCC(=O)OC(CO)COCCCCCCCCCCCC. The van der Waals surface area contributed by atoms with Crippen LogP contribution in [-0.2, 0) is 14.3 Å². The van der Waals surface area contributed by atoms with Crippen LogP contribution in [0, 0.1) is 0 Å². The molecule has 0 fully saturated rings. The van der Waals surface area contributed by atoms with E-state index in [0.717, 1.165) is 19.3 Å². The maximum atomic E-state index is 12.1. The van der Waals surface area contributed by atoms with Gasteiger partial charge in [0.15, 0.2) is 0 Å². The Morgan fingerprint density at radius 3 is 1.50 bits per heavy atom. The van der Waals surface area contributed by atoms with E-state index in [0.29, 0.717) is 19.6 Å². The summed E-state index contributed by atoms with van der Waals surface area (Å²) >= 11 is 0. The average molecular weight is 539 g/mol. The first-order valence-electron chi connectivity index (χ1n) is 16.8. The largest absolute Gasteiger partial charge is 0.457 e. The number of hydrogen-bond donors (Lipinski definition) is 1. The number of allylic oxidation sites excluding steroid dienone is 2. The van der Waals surface area contributed by atoms with E-state index in [4.69, 9.17) is 9.47 Å². The first-order chi connectivity index (χ1) is 18.7. The van der Waals surface area contributed by atoms with Crippen LogP contribution in [0.5, 0.6) is 0 Å². The fraction of sp³-hybridized carbons (Fsp3) is 0.912. The second-order valence-corrected chi connectivity index (χ2v) is 11.2. The van der Waals surface area contributed by atoms with Crippen molar-refractivity contribution in [2.24, 2.45) is 0 Å². The van der Waals surface area contributed by atoms with E-state index in [1.807, 2.05) is 0 Å². The molecule has 0 saturated heterocycles. The van der Waals surface area contributed by atoms with Crippen LogP contribution in [0.15, 0.2) is 12.2 Å². The van der Waals surface area contributed by atoms with Gasteiger partial charge in [0, 0.05) is 13.0 Å². The molecule has 0 aliphatic rings.